The van der Waals surface area contributed by atoms with Crippen LogP contribution in [0.4, 0.5) is 24.5 Å². The van der Waals surface area contributed by atoms with Crippen molar-refractivity contribution >= 4 is 17.3 Å². The fourth-order valence-corrected chi connectivity index (χ4v) is 3.10. The smallest absolute Gasteiger partial charge is 0.416 e. The number of amides is 1. The average Bonchev–Trinajstić information content (AvgIpc) is 3.35. The molecule has 1 fully saturated rings. The SMILES string of the molecule is C#C[C@@]1(c2nnc(-c3ncccc3Nc3ccc(C(F)(F)F)cc3)o2)CCNC1=O. The first kappa shape index (κ1) is 19.4. The summed E-state index contributed by atoms with van der Waals surface area (Å²) in [5, 5.41) is 13.5. The maximum atomic E-state index is 12.7. The number of halogens is 3. The first-order valence-corrected chi connectivity index (χ1v) is 8.83. The molecule has 1 aromatic carbocycles. The van der Waals surface area contributed by atoms with Gasteiger partial charge in [0.05, 0.1) is 11.3 Å². The first-order chi connectivity index (χ1) is 14.3. The summed E-state index contributed by atoms with van der Waals surface area (Å²) < 4.78 is 43.9. The van der Waals surface area contributed by atoms with Crippen LogP contribution < -0.4 is 10.6 Å². The van der Waals surface area contributed by atoms with E-state index in [4.69, 9.17) is 10.8 Å². The Labute approximate surface area is 168 Å². The Morgan fingerprint density at radius 2 is 1.97 bits per heavy atom. The van der Waals surface area contributed by atoms with Crippen LogP contribution in [0.3, 0.4) is 0 Å². The molecule has 1 aliphatic rings. The van der Waals surface area contributed by atoms with E-state index < -0.39 is 17.2 Å². The van der Waals surface area contributed by atoms with Crippen LogP contribution in [0.25, 0.3) is 11.6 Å². The van der Waals surface area contributed by atoms with Crippen molar-refractivity contribution < 1.29 is 22.4 Å². The zero-order chi connectivity index (χ0) is 21.4. The summed E-state index contributed by atoms with van der Waals surface area (Å²) in [6.07, 6.45) is 2.97. The number of nitrogens with one attached hydrogen (secondary N) is 2. The first-order valence-electron chi connectivity index (χ1n) is 8.83. The molecule has 0 spiro atoms. The van der Waals surface area contributed by atoms with Crippen LogP contribution in [-0.4, -0.2) is 27.6 Å². The van der Waals surface area contributed by atoms with Gasteiger partial charge in [-0.2, -0.15) is 13.2 Å². The number of rotatable bonds is 4. The van der Waals surface area contributed by atoms with Gasteiger partial charge in [-0.15, -0.1) is 16.6 Å². The van der Waals surface area contributed by atoms with Crippen molar-refractivity contribution in [2.75, 3.05) is 11.9 Å². The van der Waals surface area contributed by atoms with Gasteiger partial charge < -0.3 is 15.1 Å². The second-order valence-electron chi connectivity index (χ2n) is 6.57. The molecule has 2 aromatic heterocycles. The largest absolute Gasteiger partial charge is 0.417 e. The highest BCUT2D eigenvalue weighted by Gasteiger charge is 2.47. The Bertz CT molecular complexity index is 1130. The number of carbonyl (C=O) groups is 1. The van der Waals surface area contributed by atoms with E-state index in [0.29, 0.717) is 24.3 Å². The van der Waals surface area contributed by atoms with Crippen molar-refractivity contribution in [3.8, 4) is 23.9 Å². The Balaban J connectivity index is 1.64. The number of nitrogens with zero attached hydrogens (tertiary/aromatic N) is 3. The molecule has 3 aromatic rings. The van der Waals surface area contributed by atoms with Crippen LogP contribution in [0.2, 0.25) is 0 Å². The summed E-state index contributed by atoms with van der Waals surface area (Å²) in [6, 6.07) is 7.84. The summed E-state index contributed by atoms with van der Waals surface area (Å²) in [7, 11) is 0. The van der Waals surface area contributed by atoms with E-state index in [9.17, 15) is 18.0 Å². The zero-order valence-corrected chi connectivity index (χ0v) is 15.3. The molecule has 30 heavy (non-hydrogen) atoms. The van der Waals surface area contributed by atoms with Crippen molar-refractivity contribution in [2.24, 2.45) is 0 Å². The Morgan fingerprint density at radius 1 is 1.20 bits per heavy atom. The van der Waals surface area contributed by atoms with Crippen molar-refractivity contribution in [1.29, 1.82) is 0 Å². The van der Waals surface area contributed by atoms with Gasteiger partial charge in [-0.05, 0) is 42.8 Å². The lowest BCUT2D eigenvalue weighted by Gasteiger charge is -2.13. The molecule has 1 aliphatic heterocycles. The number of benzene rings is 1. The molecule has 1 saturated heterocycles. The van der Waals surface area contributed by atoms with E-state index in [1.54, 1.807) is 12.1 Å². The van der Waals surface area contributed by atoms with E-state index >= 15 is 0 Å². The number of aromatic nitrogens is 3. The highest BCUT2D eigenvalue weighted by Crippen LogP contribution is 2.34. The number of alkyl halides is 3. The maximum Gasteiger partial charge on any atom is 0.416 e. The minimum absolute atomic E-state index is 0.0128. The number of anilines is 2. The van der Waals surface area contributed by atoms with Crippen LogP contribution in [0.1, 0.15) is 17.9 Å². The number of hydrogen-bond acceptors (Lipinski definition) is 6. The topological polar surface area (TPSA) is 92.9 Å². The molecule has 4 rings (SSSR count). The van der Waals surface area contributed by atoms with Gasteiger partial charge in [0, 0.05) is 18.4 Å². The van der Waals surface area contributed by atoms with Crippen molar-refractivity contribution in [2.45, 2.75) is 18.0 Å². The molecule has 3 heterocycles. The van der Waals surface area contributed by atoms with Crippen LogP contribution in [-0.2, 0) is 16.4 Å². The summed E-state index contributed by atoms with van der Waals surface area (Å²) in [4.78, 5) is 16.4. The molecule has 0 unspecified atom stereocenters. The van der Waals surface area contributed by atoms with Gasteiger partial charge in [0.2, 0.25) is 11.8 Å². The lowest BCUT2D eigenvalue weighted by atomic mass is 9.87. The third kappa shape index (κ3) is 3.34. The fraction of sp³-hybridized carbons (Fsp3) is 0.200. The lowest BCUT2D eigenvalue weighted by Crippen LogP contribution is -2.34. The number of terminal acetylenes is 1. The van der Waals surface area contributed by atoms with Gasteiger partial charge in [-0.1, -0.05) is 5.92 Å². The van der Waals surface area contributed by atoms with Gasteiger partial charge in [-0.3, -0.25) is 4.79 Å². The average molecular weight is 413 g/mol. The van der Waals surface area contributed by atoms with Crippen LogP contribution >= 0.6 is 0 Å². The Hall–Kier alpha value is -3.87. The van der Waals surface area contributed by atoms with E-state index in [0.717, 1.165) is 12.1 Å². The molecule has 0 radical (unpaired) electrons. The molecular formula is C20H14F3N5O2. The second-order valence-corrected chi connectivity index (χ2v) is 6.57. The van der Waals surface area contributed by atoms with E-state index in [1.807, 2.05) is 0 Å². The third-order valence-corrected chi connectivity index (χ3v) is 4.71. The van der Waals surface area contributed by atoms with Crippen molar-refractivity contribution in [3.05, 3.63) is 54.0 Å². The van der Waals surface area contributed by atoms with Gasteiger partial charge in [0.15, 0.2) is 11.1 Å². The molecule has 0 saturated carbocycles. The normalized spacial score (nSPS) is 18.7. The third-order valence-electron chi connectivity index (χ3n) is 4.71. The lowest BCUT2D eigenvalue weighted by molar-refractivity contribution is -0.137. The van der Waals surface area contributed by atoms with Crippen molar-refractivity contribution in [3.63, 3.8) is 0 Å². The second kappa shape index (κ2) is 7.18. The molecule has 2 N–H and O–H groups in total. The molecule has 7 nitrogen and oxygen atoms in total. The maximum absolute atomic E-state index is 12.7. The highest BCUT2D eigenvalue weighted by atomic mass is 19.4. The Morgan fingerprint density at radius 3 is 2.60 bits per heavy atom. The fourth-order valence-electron chi connectivity index (χ4n) is 3.10. The van der Waals surface area contributed by atoms with Crippen LogP contribution in [0.5, 0.6) is 0 Å². The molecule has 152 valence electrons. The number of hydrogen-bond donors (Lipinski definition) is 2. The predicted molar refractivity (Wildman–Crippen MR) is 100 cm³/mol. The monoisotopic (exact) mass is 413 g/mol. The Kier molecular flexibility index (Phi) is 4.66. The molecule has 1 amide bonds. The summed E-state index contributed by atoms with van der Waals surface area (Å²) in [5.41, 5.74) is -0.983. The molecular weight excluding hydrogens is 399 g/mol. The van der Waals surface area contributed by atoms with Crippen LogP contribution in [0.15, 0.2) is 47.0 Å². The molecule has 0 bridgehead atoms. The summed E-state index contributed by atoms with van der Waals surface area (Å²) in [6.45, 7) is 0.394. The molecule has 1 atom stereocenters. The highest BCUT2D eigenvalue weighted by molar-refractivity contribution is 5.92. The van der Waals surface area contributed by atoms with Gasteiger partial charge in [0.1, 0.15) is 0 Å². The summed E-state index contributed by atoms with van der Waals surface area (Å²) in [5.74, 6) is 2.07. The quantitative estimate of drug-likeness (QED) is 0.638. The molecule has 0 aliphatic carbocycles. The van der Waals surface area contributed by atoms with Gasteiger partial charge in [0.25, 0.3) is 5.89 Å². The van der Waals surface area contributed by atoms with Gasteiger partial charge in [-0.25, -0.2) is 4.98 Å². The zero-order valence-electron chi connectivity index (χ0n) is 15.3. The summed E-state index contributed by atoms with van der Waals surface area (Å²) >= 11 is 0. The van der Waals surface area contributed by atoms with Crippen molar-refractivity contribution in [1.82, 2.24) is 20.5 Å². The minimum Gasteiger partial charge on any atom is -0.417 e. The molecule has 10 heteroatoms. The van der Waals surface area contributed by atoms with E-state index in [-0.39, 0.29) is 23.4 Å². The van der Waals surface area contributed by atoms with Gasteiger partial charge >= 0.3 is 6.18 Å². The minimum atomic E-state index is -4.42. The standard InChI is InChI=1S/C20H14F3N5O2/c1-2-19(9-11-25-17(19)29)18-28-27-16(30-18)15-14(4-3-10-24-15)26-13-7-5-12(6-8-13)20(21,22)23/h1,3-8,10,26H,9,11H2,(H,25,29)/t19-/m1/s1. The number of carbonyl (C=O) groups excluding carboxylic acids is 1. The predicted octanol–water partition coefficient (Wildman–Crippen LogP) is 3.28. The van der Waals surface area contributed by atoms with Crippen LogP contribution in [0, 0.1) is 12.3 Å². The number of pyridine rings is 1. The van der Waals surface area contributed by atoms with E-state index in [2.05, 4.69) is 31.7 Å². The van der Waals surface area contributed by atoms with E-state index in [1.165, 1.54) is 18.3 Å².